The third-order valence-corrected chi connectivity index (χ3v) is 8.52. The second kappa shape index (κ2) is 4.52. The Balaban J connectivity index is 1.84. The SMILES string of the molecule is C=C1C(=O)[C@@]23CC[C@@H]4C(C)(C)[C@H](O)CC[C@@]4(C)[C@@H]2[C@@H](O)C[C@]1(O)C3. The minimum atomic E-state index is -1.22. The zero-order chi connectivity index (χ0) is 17.7. The summed E-state index contributed by atoms with van der Waals surface area (Å²) in [6.45, 7) is 10.3. The number of ketones is 1. The van der Waals surface area contributed by atoms with Crippen molar-refractivity contribution in [2.75, 3.05) is 0 Å². The highest BCUT2D eigenvalue weighted by atomic mass is 16.3. The summed E-state index contributed by atoms with van der Waals surface area (Å²) >= 11 is 0. The van der Waals surface area contributed by atoms with Gasteiger partial charge >= 0.3 is 0 Å². The smallest absolute Gasteiger partial charge is 0.167 e. The van der Waals surface area contributed by atoms with E-state index in [-0.39, 0.29) is 41.0 Å². The minimum absolute atomic E-state index is 0.0184. The maximum atomic E-state index is 13.1. The molecule has 2 bridgehead atoms. The molecule has 3 N–H and O–H groups in total. The van der Waals surface area contributed by atoms with Crippen molar-refractivity contribution in [3.63, 3.8) is 0 Å². The molecule has 1 spiro atoms. The van der Waals surface area contributed by atoms with E-state index in [2.05, 4.69) is 27.4 Å². The first-order valence-corrected chi connectivity index (χ1v) is 9.32. The summed E-state index contributed by atoms with van der Waals surface area (Å²) in [6.07, 6.45) is 2.69. The molecule has 0 radical (unpaired) electrons. The van der Waals surface area contributed by atoms with E-state index in [1.54, 1.807) is 0 Å². The fourth-order valence-corrected chi connectivity index (χ4v) is 7.48. The van der Waals surface area contributed by atoms with Crippen LogP contribution in [0, 0.1) is 28.1 Å². The van der Waals surface area contributed by atoms with E-state index in [1.807, 2.05) is 0 Å². The topological polar surface area (TPSA) is 77.8 Å². The van der Waals surface area contributed by atoms with Crippen LogP contribution < -0.4 is 0 Å². The van der Waals surface area contributed by atoms with Crippen molar-refractivity contribution in [1.29, 1.82) is 0 Å². The van der Waals surface area contributed by atoms with Crippen LogP contribution in [-0.2, 0) is 4.79 Å². The number of rotatable bonds is 0. The van der Waals surface area contributed by atoms with Crippen molar-refractivity contribution in [3.8, 4) is 0 Å². The van der Waals surface area contributed by atoms with Gasteiger partial charge in [0.1, 0.15) is 0 Å². The predicted octanol–water partition coefficient (Wildman–Crippen LogP) is 2.21. The third-order valence-electron chi connectivity index (χ3n) is 8.52. The van der Waals surface area contributed by atoms with Crippen LogP contribution in [0.5, 0.6) is 0 Å². The Hall–Kier alpha value is -0.710. The van der Waals surface area contributed by atoms with Crippen molar-refractivity contribution in [2.45, 2.75) is 77.1 Å². The maximum Gasteiger partial charge on any atom is 0.167 e. The second-order valence-electron chi connectivity index (χ2n) is 9.89. The molecule has 24 heavy (non-hydrogen) atoms. The normalized spacial score (nSPS) is 55.9. The van der Waals surface area contributed by atoms with Crippen LogP contribution in [-0.4, -0.2) is 38.9 Å². The first-order valence-electron chi connectivity index (χ1n) is 9.32. The number of hydrogen-bond donors (Lipinski definition) is 3. The van der Waals surface area contributed by atoms with Gasteiger partial charge in [-0.3, -0.25) is 4.79 Å². The van der Waals surface area contributed by atoms with Gasteiger partial charge in [0.25, 0.3) is 0 Å². The molecular formula is C20H30O4. The highest BCUT2D eigenvalue weighted by Gasteiger charge is 2.72. The molecular weight excluding hydrogens is 304 g/mol. The monoisotopic (exact) mass is 334 g/mol. The van der Waals surface area contributed by atoms with Crippen molar-refractivity contribution < 1.29 is 20.1 Å². The van der Waals surface area contributed by atoms with E-state index in [0.717, 1.165) is 12.8 Å². The van der Waals surface area contributed by atoms with Crippen LogP contribution in [0.2, 0.25) is 0 Å². The molecule has 0 aromatic heterocycles. The number of fused-ring (bicyclic) bond motifs is 3. The van der Waals surface area contributed by atoms with Crippen LogP contribution >= 0.6 is 0 Å². The summed E-state index contributed by atoms with van der Waals surface area (Å²) < 4.78 is 0. The Labute approximate surface area is 144 Å². The van der Waals surface area contributed by atoms with Gasteiger partial charge in [0.05, 0.1) is 17.8 Å². The zero-order valence-corrected chi connectivity index (χ0v) is 15.0. The molecule has 0 aromatic carbocycles. The van der Waals surface area contributed by atoms with Gasteiger partial charge in [0.15, 0.2) is 5.78 Å². The molecule has 4 aliphatic carbocycles. The highest BCUT2D eigenvalue weighted by molar-refractivity contribution is 6.05. The van der Waals surface area contributed by atoms with E-state index in [1.165, 1.54) is 0 Å². The Morgan fingerprint density at radius 3 is 2.46 bits per heavy atom. The molecule has 4 aliphatic rings. The molecule has 0 amide bonds. The molecule has 0 heterocycles. The molecule has 0 saturated heterocycles. The fraction of sp³-hybridized carbons (Fsp3) is 0.850. The largest absolute Gasteiger partial charge is 0.393 e. The number of hydrogen-bond acceptors (Lipinski definition) is 4. The van der Waals surface area contributed by atoms with Crippen molar-refractivity contribution in [1.82, 2.24) is 0 Å². The van der Waals surface area contributed by atoms with E-state index < -0.39 is 17.1 Å². The molecule has 4 nitrogen and oxygen atoms in total. The fourth-order valence-electron chi connectivity index (χ4n) is 7.48. The lowest BCUT2D eigenvalue weighted by atomic mass is 9.40. The van der Waals surface area contributed by atoms with Gasteiger partial charge in [-0.05, 0) is 48.9 Å². The minimum Gasteiger partial charge on any atom is -0.393 e. The first-order chi connectivity index (χ1) is 11.0. The molecule has 134 valence electrons. The summed E-state index contributed by atoms with van der Waals surface area (Å²) in [7, 11) is 0. The van der Waals surface area contributed by atoms with Gasteiger partial charge in [0.2, 0.25) is 0 Å². The van der Waals surface area contributed by atoms with Crippen LogP contribution in [0.1, 0.15) is 59.3 Å². The lowest BCUT2D eigenvalue weighted by Crippen LogP contribution is -2.64. The van der Waals surface area contributed by atoms with Crippen molar-refractivity contribution >= 4 is 5.78 Å². The van der Waals surface area contributed by atoms with E-state index in [9.17, 15) is 20.1 Å². The molecule has 4 heteroatoms. The van der Waals surface area contributed by atoms with Crippen LogP contribution in [0.25, 0.3) is 0 Å². The Morgan fingerprint density at radius 1 is 1.12 bits per heavy atom. The predicted molar refractivity (Wildman–Crippen MR) is 90.1 cm³/mol. The van der Waals surface area contributed by atoms with E-state index >= 15 is 0 Å². The lowest BCUT2D eigenvalue weighted by molar-refractivity contribution is -0.218. The quantitative estimate of drug-likeness (QED) is 0.594. The number of carbonyl (C=O) groups is 1. The van der Waals surface area contributed by atoms with E-state index in [4.69, 9.17) is 0 Å². The molecule has 4 rings (SSSR count). The number of Topliss-reactive ketones (excluding diaryl/α,β-unsaturated/α-hetero) is 1. The van der Waals surface area contributed by atoms with Gasteiger partial charge in [-0.1, -0.05) is 27.4 Å². The Bertz CT molecular complexity index is 625. The average Bonchev–Trinajstić information content (AvgIpc) is 2.61. The summed E-state index contributed by atoms with van der Waals surface area (Å²) in [5, 5.41) is 32.4. The van der Waals surface area contributed by atoms with Crippen molar-refractivity contribution in [2.24, 2.45) is 28.1 Å². The number of aliphatic hydroxyl groups excluding tert-OH is 2. The lowest BCUT2D eigenvalue weighted by Gasteiger charge is -2.65. The summed E-state index contributed by atoms with van der Waals surface area (Å²) in [6, 6.07) is 0. The third kappa shape index (κ3) is 1.68. The second-order valence-corrected chi connectivity index (χ2v) is 9.89. The standard InChI is InChI=1S/C20H30O4/c1-11-16(23)19-8-5-13-17(2,3)14(22)6-7-18(13,4)15(19)12(21)9-20(11,24)10-19/h12-15,21-22,24H,1,5-10H2,2-4H3/t12-,13+,14+,15-,18+,19+,20-/m0/s1. The van der Waals surface area contributed by atoms with Gasteiger partial charge in [0, 0.05) is 23.3 Å². The van der Waals surface area contributed by atoms with Crippen LogP contribution in [0.3, 0.4) is 0 Å². The first kappa shape index (κ1) is 16.7. The molecule has 0 aromatic rings. The average molecular weight is 334 g/mol. The zero-order valence-electron chi connectivity index (χ0n) is 15.0. The van der Waals surface area contributed by atoms with Gasteiger partial charge in [-0.15, -0.1) is 0 Å². The number of aliphatic hydroxyl groups is 3. The van der Waals surface area contributed by atoms with Gasteiger partial charge in [-0.2, -0.15) is 0 Å². The summed E-state index contributed by atoms with van der Waals surface area (Å²) in [5.41, 5.74) is -1.99. The molecule has 4 fully saturated rings. The molecule has 4 saturated carbocycles. The summed E-state index contributed by atoms with van der Waals surface area (Å²) in [4.78, 5) is 13.1. The number of carbonyl (C=O) groups excluding carboxylic acids is 1. The van der Waals surface area contributed by atoms with Crippen molar-refractivity contribution in [3.05, 3.63) is 12.2 Å². The maximum absolute atomic E-state index is 13.1. The molecule has 0 aliphatic heterocycles. The van der Waals surface area contributed by atoms with Crippen LogP contribution in [0.4, 0.5) is 0 Å². The van der Waals surface area contributed by atoms with E-state index in [0.29, 0.717) is 24.8 Å². The highest BCUT2D eigenvalue weighted by Crippen LogP contribution is 2.71. The Morgan fingerprint density at radius 2 is 1.79 bits per heavy atom. The molecule has 7 atom stereocenters. The van der Waals surface area contributed by atoms with Gasteiger partial charge < -0.3 is 15.3 Å². The Kier molecular flexibility index (Phi) is 3.15. The molecule has 0 unspecified atom stereocenters. The summed E-state index contributed by atoms with van der Waals surface area (Å²) in [5.74, 6) is 0.101. The van der Waals surface area contributed by atoms with Gasteiger partial charge in [-0.25, -0.2) is 0 Å². The van der Waals surface area contributed by atoms with Crippen LogP contribution in [0.15, 0.2) is 12.2 Å².